The first-order valence-corrected chi connectivity index (χ1v) is 6.86. The molecule has 0 radical (unpaired) electrons. The van der Waals surface area contributed by atoms with Gasteiger partial charge in [-0.15, -0.1) is 0 Å². The molecule has 1 saturated heterocycles. The van der Waals surface area contributed by atoms with Gasteiger partial charge in [0.15, 0.2) is 0 Å². The van der Waals surface area contributed by atoms with E-state index in [-0.39, 0.29) is 24.4 Å². The number of carbonyl (C=O) groups is 2. The molecule has 1 heterocycles. The molecule has 0 bridgehead atoms. The third kappa shape index (κ3) is 4.01. The van der Waals surface area contributed by atoms with E-state index in [2.05, 4.69) is 0 Å². The highest BCUT2D eigenvalue weighted by molar-refractivity contribution is 5.94. The van der Waals surface area contributed by atoms with Crippen molar-refractivity contribution in [1.29, 1.82) is 0 Å². The van der Waals surface area contributed by atoms with E-state index in [9.17, 15) is 14.0 Å². The number of rotatable bonds is 4. The second-order valence-electron chi connectivity index (χ2n) is 5.16. The number of benzene rings is 1. The maximum atomic E-state index is 13.2. The summed E-state index contributed by atoms with van der Waals surface area (Å²) < 4.78 is 18.4. The van der Waals surface area contributed by atoms with Crippen molar-refractivity contribution in [3.8, 4) is 0 Å². The number of carboxylic acids is 1. The summed E-state index contributed by atoms with van der Waals surface area (Å²) in [5.74, 6) is -1.45. The molecule has 21 heavy (non-hydrogen) atoms. The van der Waals surface area contributed by atoms with Crippen LogP contribution in [-0.2, 0) is 9.53 Å². The molecule has 5 nitrogen and oxygen atoms in total. The van der Waals surface area contributed by atoms with Crippen LogP contribution in [0.15, 0.2) is 18.2 Å². The Morgan fingerprint density at radius 3 is 2.62 bits per heavy atom. The fraction of sp³-hybridized carbons (Fsp3) is 0.467. The van der Waals surface area contributed by atoms with Gasteiger partial charge in [0, 0.05) is 18.7 Å². The van der Waals surface area contributed by atoms with Crippen LogP contribution in [0, 0.1) is 12.7 Å². The zero-order chi connectivity index (χ0) is 15.4. The number of nitrogens with zero attached hydrogens (tertiary/aromatic N) is 1. The number of hydrogen-bond acceptors (Lipinski definition) is 3. The van der Waals surface area contributed by atoms with Crippen LogP contribution in [0.25, 0.3) is 0 Å². The topological polar surface area (TPSA) is 66.8 Å². The Morgan fingerprint density at radius 1 is 1.38 bits per heavy atom. The van der Waals surface area contributed by atoms with Crippen LogP contribution in [0.3, 0.4) is 0 Å². The van der Waals surface area contributed by atoms with Crippen LogP contribution in [0.1, 0.15) is 28.8 Å². The molecule has 0 atom stereocenters. The van der Waals surface area contributed by atoms with E-state index in [1.165, 1.54) is 12.1 Å². The Balaban J connectivity index is 1.90. The van der Waals surface area contributed by atoms with Gasteiger partial charge in [0.05, 0.1) is 6.10 Å². The third-order valence-electron chi connectivity index (χ3n) is 3.58. The summed E-state index contributed by atoms with van der Waals surface area (Å²) >= 11 is 0. The third-order valence-corrected chi connectivity index (χ3v) is 3.58. The molecule has 1 aromatic carbocycles. The Morgan fingerprint density at radius 2 is 2.05 bits per heavy atom. The Bertz CT molecular complexity index is 538. The molecule has 0 unspecified atom stereocenters. The standard InChI is InChI=1S/C15H18FNO4/c1-10-8-11(2-3-13(10)16)15(20)17-6-4-12(5-7-17)21-9-14(18)19/h2-3,8,12H,4-7,9H2,1H3,(H,18,19). The lowest BCUT2D eigenvalue weighted by Gasteiger charge is -2.31. The van der Waals surface area contributed by atoms with Crippen LogP contribution in [-0.4, -0.2) is 47.7 Å². The molecule has 0 aromatic heterocycles. The van der Waals surface area contributed by atoms with E-state index in [1.54, 1.807) is 17.9 Å². The fourth-order valence-corrected chi connectivity index (χ4v) is 2.37. The molecule has 2 rings (SSSR count). The van der Waals surface area contributed by atoms with E-state index < -0.39 is 5.97 Å². The predicted molar refractivity (Wildman–Crippen MR) is 73.7 cm³/mol. The lowest BCUT2D eigenvalue weighted by molar-refractivity contribution is -0.145. The van der Waals surface area contributed by atoms with Gasteiger partial charge < -0.3 is 14.7 Å². The number of halogens is 1. The molecule has 1 fully saturated rings. The highest BCUT2D eigenvalue weighted by Crippen LogP contribution is 2.17. The molecule has 6 heteroatoms. The lowest BCUT2D eigenvalue weighted by atomic mass is 10.1. The highest BCUT2D eigenvalue weighted by atomic mass is 19.1. The average Bonchev–Trinajstić information content (AvgIpc) is 2.48. The Labute approximate surface area is 122 Å². The fourth-order valence-electron chi connectivity index (χ4n) is 2.37. The zero-order valence-corrected chi connectivity index (χ0v) is 11.8. The molecule has 114 valence electrons. The van der Waals surface area contributed by atoms with Crippen molar-refractivity contribution in [3.05, 3.63) is 35.1 Å². The van der Waals surface area contributed by atoms with Gasteiger partial charge in [-0.05, 0) is 43.5 Å². The van der Waals surface area contributed by atoms with Gasteiger partial charge in [-0.3, -0.25) is 4.79 Å². The number of amides is 1. The number of aryl methyl sites for hydroxylation is 1. The van der Waals surface area contributed by atoms with E-state index in [4.69, 9.17) is 9.84 Å². The smallest absolute Gasteiger partial charge is 0.329 e. The van der Waals surface area contributed by atoms with Gasteiger partial charge in [-0.2, -0.15) is 0 Å². The summed E-state index contributed by atoms with van der Waals surface area (Å²) in [5, 5.41) is 8.56. The van der Waals surface area contributed by atoms with Gasteiger partial charge in [-0.25, -0.2) is 9.18 Å². The molecule has 1 aliphatic heterocycles. The number of piperidine rings is 1. The van der Waals surface area contributed by atoms with Crippen molar-refractivity contribution in [3.63, 3.8) is 0 Å². The summed E-state index contributed by atoms with van der Waals surface area (Å²) in [4.78, 5) is 24.4. The molecule has 0 saturated carbocycles. The molecule has 0 aliphatic carbocycles. The molecule has 1 amide bonds. The monoisotopic (exact) mass is 295 g/mol. The molecule has 1 N–H and O–H groups in total. The second kappa shape index (κ2) is 6.67. The van der Waals surface area contributed by atoms with Crippen LogP contribution < -0.4 is 0 Å². The van der Waals surface area contributed by atoms with Gasteiger partial charge in [0.1, 0.15) is 12.4 Å². The van der Waals surface area contributed by atoms with Gasteiger partial charge in [0.2, 0.25) is 0 Å². The summed E-state index contributed by atoms with van der Waals surface area (Å²) in [6.07, 6.45) is 1.10. The number of likely N-dealkylation sites (tertiary alicyclic amines) is 1. The normalized spacial score (nSPS) is 16.0. The zero-order valence-electron chi connectivity index (χ0n) is 11.8. The largest absolute Gasteiger partial charge is 0.480 e. The summed E-state index contributed by atoms with van der Waals surface area (Å²) in [6, 6.07) is 4.33. The maximum absolute atomic E-state index is 13.2. The first kappa shape index (κ1) is 15.4. The first-order chi connectivity index (χ1) is 9.97. The minimum absolute atomic E-state index is 0.125. The van der Waals surface area contributed by atoms with Crippen molar-refractivity contribution in [2.75, 3.05) is 19.7 Å². The van der Waals surface area contributed by atoms with Crippen molar-refractivity contribution in [1.82, 2.24) is 4.90 Å². The van der Waals surface area contributed by atoms with E-state index in [0.29, 0.717) is 37.1 Å². The van der Waals surface area contributed by atoms with E-state index in [0.717, 1.165) is 0 Å². The minimum atomic E-state index is -0.990. The molecule has 1 aromatic rings. The van der Waals surface area contributed by atoms with Gasteiger partial charge >= 0.3 is 5.97 Å². The number of hydrogen-bond donors (Lipinski definition) is 1. The van der Waals surface area contributed by atoms with Gasteiger partial charge in [-0.1, -0.05) is 0 Å². The maximum Gasteiger partial charge on any atom is 0.329 e. The molecule has 0 spiro atoms. The first-order valence-electron chi connectivity index (χ1n) is 6.86. The number of aliphatic carboxylic acids is 1. The highest BCUT2D eigenvalue weighted by Gasteiger charge is 2.24. The van der Waals surface area contributed by atoms with Crippen LogP contribution in [0.2, 0.25) is 0 Å². The SMILES string of the molecule is Cc1cc(C(=O)N2CCC(OCC(=O)O)CC2)ccc1F. The lowest BCUT2D eigenvalue weighted by Crippen LogP contribution is -2.41. The van der Waals surface area contributed by atoms with Crippen molar-refractivity contribution < 1.29 is 23.8 Å². The minimum Gasteiger partial charge on any atom is -0.480 e. The van der Waals surface area contributed by atoms with Crippen LogP contribution in [0.4, 0.5) is 4.39 Å². The Hall–Kier alpha value is -1.95. The van der Waals surface area contributed by atoms with Gasteiger partial charge in [0.25, 0.3) is 5.91 Å². The summed E-state index contributed by atoms with van der Waals surface area (Å²) in [6.45, 7) is 2.34. The van der Waals surface area contributed by atoms with E-state index in [1.807, 2.05) is 0 Å². The van der Waals surface area contributed by atoms with Crippen molar-refractivity contribution in [2.24, 2.45) is 0 Å². The quantitative estimate of drug-likeness (QED) is 0.920. The number of carboxylic acid groups (broad SMARTS) is 1. The van der Waals surface area contributed by atoms with Crippen LogP contribution >= 0.6 is 0 Å². The molecular weight excluding hydrogens is 277 g/mol. The second-order valence-corrected chi connectivity index (χ2v) is 5.16. The Kier molecular flexibility index (Phi) is 4.90. The number of ether oxygens (including phenoxy) is 1. The predicted octanol–water partition coefficient (Wildman–Crippen LogP) is 1.84. The van der Waals surface area contributed by atoms with Crippen molar-refractivity contribution >= 4 is 11.9 Å². The van der Waals surface area contributed by atoms with Crippen molar-refractivity contribution in [2.45, 2.75) is 25.9 Å². The van der Waals surface area contributed by atoms with E-state index >= 15 is 0 Å². The van der Waals surface area contributed by atoms with Crippen LogP contribution in [0.5, 0.6) is 0 Å². The number of carbonyl (C=O) groups excluding carboxylic acids is 1. The molecule has 1 aliphatic rings. The summed E-state index contributed by atoms with van der Waals surface area (Å²) in [7, 11) is 0. The summed E-state index contributed by atoms with van der Waals surface area (Å²) in [5.41, 5.74) is 0.916. The average molecular weight is 295 g/mol. The molecular formula is C15H18FNO4.